The molecule has 0 aromatic carbocycles. The van der Waals surface area contributed by atoms with Crippen LogP contribution in [0.2, 0.25) is 0 Å². The van der Waals surface area contributed by atoms with Gasteiger partial charge in [-0.25, -0.2) is 0 Å². The van der Waals surface area contributed by atoms with Gasteiger partial charge in [-0.1, -0.05) is 59.8 Å². The van der Waals surface area contributed by atoms with Gasteiger partial charge < -0.3 is 5.32 Å². The van der Waals surface area contributed by atoms with Gasteiger partial charge in [0.2, 0.25) is 0 Å². The smallest absolute Gasteiger partial charge is 0.0121 e. The molecule has 1 heteroatoms. The second kappa shape index (κ2) is 8.13. The molecule has 102 valence electrons. The van der Waals surface area contributed by atoms with Crippen LogP contribution < -0.4 is 5.32 Å². The minimum Gasteiger partial charge on any atom is -0.314 e. The summed E-state index contributed by atoms with van der Waals surface area (Å²) in [6.07, 6.45) is 10.0. The van der Waals surface area contributed by atoms with Gasteiger partial charge in [0.15, 0.2) is 0 Å². The zero-order valence-electron chi connectivity index (χ0n) is 12.5. The molecule has 1 fully saturated rings. The minimum atomic E-state index is 0.771. The molecule has 0 spiro atoms. The third kappa shape index (κ3) is 4.62. The third-order valence-electron chi connectivity index (χ3n) is 4.79. The van der Waals surface area contributed by atoms with Gasteiger partial charge in [-0.2, -0.15) is 0 Å². The van der Waals surface area contributed by atoms with Gasteiger partial charge in [-0.3, -0.25) is 0 Å². The summed E-state index contributed by atoms with van der Waals surface area (Å²) in [5.74, 6) is 2.82. The summed E-state index contributed by atoms with van der Waals surface area (Å²) < 4.78 is 0. The fraction of sp³-hybridized carbons (Fsp3) is 1.00. The Bertz CT molecular complexity index is 182. The van der Waals surface area contributed by atoms with E-state index in [2.05, 4.69) is 33.0 Å². The summed E-state index contributed by atoms with van der Waals surface area (Å²) in [5.41, 5.74) is 0. The Morgan fingerprint density at radius 2 is 1.71 bits per heavy atom. The van der Waals surface area contributed by atoms with Crippen LogP contribution >= 0.6 is 0 Å². The summed E-state index contributed by atoms with van der Waals surface area (Å²) in [5, 5.41) is 3.75. The highest BCUT2D eigenvalue weighted by atomic mass is 14.9. The second-order valence-electron chi connectivity index (χ2n) is 6.04. The SMILES string of the molecule is CCCC1CCC(C(NCC)C(C)CC)CC1. The van der Waals surface area contributed by atoms with Gasteiger partial charge in [0.25, 0.3) is 0 Å². The van der Waals surface area contributed by atoms with Gasteiger partial charge in [0, 0.05) is 6.04 Å². The molecule has 0 amide bonds. The molecule has 0 bridgehead atoms. The number of hydrogen-bond acceptors (Lipinski definition) is 1. The van der Waals surface area contributed by atoms with Crippen LogP contribution in [0.4, 0.5) is 0 Å². The molecular formula is C16H33N. The lowest BCUT2D eigenvalue weighted by molar-refractivity contribution is 0.178. The molecular weight excluding hydrogens is 206 g/mol. The van der Waals surface area contributed by atoms with E-state index in [-0.39, 0.29) is 0 Å². The Kier molecular flexibility index (Phi) is 7.18. The molecule has 1 aliphatic carbocycles. The third-order valence-corrected chi connectivity index (χ3v) is 4.79. The van der Waals surface area contributed by atoms with Crippen molar-refractivity contribution in [1.29, 1.82) is 0 Å². The average molecular weight is 239 g/mol. The predicted octanol–water partition coefficient (Wildman–Crippen LogP) is 4.62. The Morgan fingerprint density at radius 3 is 2.18 bits per heavy atom. The Labute approximate surface area is 109 Å². The van der Waals surface area contributed by atoms with Crippen molar-refractivity contribution in [2.45, 2.75) is 78.7 Å². The van der Waals surface area contributed by atoms with Gasteiger partial charge in [-0.15, -0.1) is 0 Å². The van der Waals surface area contributed by atoms with E-state index >= 15 is 0 Å². The van der Waals surface area contributed by atoms with Crippen molar-refractivity contribution in [3.8, 4) is 0 Å². The van der Waals surface area contributed by atoms with Crippen molar-refractivity contribution in [2.75, 3.05) is 6.54 Å². The lowest BCUT2D eigenvalue weighted by Crippen LogP contribution is -2.42. The molecule has 0 aromatic rings. The van der Waals surface area contributed by atoms with Crippen LogP contribution in [0.15, 0.2) is 0 Å². The first-order valence-electron chi connectivity index (χ1n) is 7.96. The van der Waals surface area contributed by atoms with Crippen LogP contribution in [0.5, 0.6) is 0 Å². The highest BCUT2D eigenvalue weighted by Gasteiger charge is 2.29. The first-order chi connectivity index (χ1) is 8.22. The van der Waals surface area contributed by atoms with Crippen LogP contribution in [0.25, 0.3) is 0 Å². The highest BCUT2D eigenvalue weighted by Crippen LogP contribution is 2.35. The monoisotopic (exact) mass is 239 g/mol. The molecule has 17 heavy (non-hydrogen) atoms. The molecule has 1 N–H and O–H groups in total. The van der Waals surface area contributed by atoms with E-state index in [1.54, 1.807) is 0 Å². The Hall–Kier alpha value is -0.0400. The molecule has 0 aliphatic heterocycles. The van der Waals surface area contributed by atoms with Crippen molar-refractivity contribution in [2.24, 2.45) is 17.8 Å². The molecule has 2 atom stereocenters. The topological polar surface area (TPSA) is 12.0 Å². The summed E-state index contributed by atoms with van der Waals surface area (Å²) in [6, 6.07) is 0.771. The first kappa shape index (κ1) is 15.0. The number of hydrogen-bond donors (Lipinski definition) is 1. The molecule has 1 aliphatic rings. The highest BCUT2D eigenvalue weighted by molar-refractivity contribution is 4.84. The van der Waals surface area contributed by atoms with E-state index in [1.807, 2.05) is 0 Å². The maximum Gasteiger partial charge on any atom is 0.0121 e. The molecule has 0 heterocycles. The molecule has 1 nitrogen and oxygen atoms in total. The Balaban J connectivity index is 2.42. The van der Waals surface area contributed by atoms with Crippen LogP contribution in [0.1, 0.15) is 72.6 Å². The summed E-state index contributed by atoms with van der Waals surface area (Å²) in [6.45, 7) is 10.5. The first-order valence-corrected chi connectivity index (χ1v) is 7.96. The average Bonchev–Trinajstić information content (AvgIpc) is 2.37. The molecule has 0 radical (unpaired) electrons. The van der Waals surface area contributed by atoms with Gasteiger partial charge >= 0.3 is 0 Å². The number of nitrogens with one attached hydrogen (secondary N) is 1. The van der Waals surface area contributed by atoms with E-state index in [9.17, 15) is 0 Å². The quantitative estimate of drug-likeness (QED) is 0.683. The zero-order valence-corrected chi connectivity index (χ0v) is 12.5. The summed E-state index contributed by atoms with van der Waals surface area (Å²) in [7, 11) is 0. The molecule has 0 aromatic heterocycles. The maximum absolute atomic E-state index is 3.75. The van der Waals surface area contributed by atoms with Crippen LogP contribution in [-0.2, 0) is 0 Å². The van der Waals surface area contributed by atoms with Crippen molar-refractivity contribution >= 4 is 0 Å². The molecule has 1 saturated carbocycles. The van der Waals surface area contributed by atoms with E-state index in [4.69, 9.17) is 0 Å². The van der Waals surface area contributed by atoms with E-state index in [1.165, 1.54) is 44.9 Å². The summed E-state index contributed by atoms with van der Waals surface area (Å²) >= 11 is 0. The Morgan fingerprint density at radius 1 is 1.06 bits per heavy atom. The van der Waals surface area contributed by atoms with Gasteiger partial charge in [-0.05, 0) is 37.1 Å². The summed E-state index contributed by atoms with van der Waals surface area (Å²) in [4.78, 5) is 0. The second-order valence-corrected chi connectivity index (χ2v) is 6.04. The van der Waals surface area contributed by atoms with E-state index in [0.717, 1.165) is 30.3 Å². The normalized spacial score (nSPS) is 28.9. The minimum absolute atomic E-state index is 0.771. The fourth-order valence-corrected chi connectivity index (χ4v) is 3.57. The van der Waals surface area contributed by atoms with Crippen LogP contribution in [0, 0.1) is 17.8 Å². The molecule has 1 rings (SSSR count). The van der Waals surface area contributed by atoms with Crippen LogP contribution in [-0.4, -0.2) is 12.6 Å². The molecule has 2 unspecified atom stereocenters. The lowest BCUT2D eigenvalue weighted by Gasteiger charge is -2.37. The lowest BCUT2D eigenvalue weighted by atomic mass is 9.74. The van der Waals surface area contributed by atoms with E-state index in [0.29, 0.717) is 0 Å². The van der Waals surface area contributed by atoms with Crippen molar-refractivity contribution in [3.63, 3.8) is 0 Å². The van der Waals surface area contributed by atoms with Crippen molar-refractivity contribution < 1.29 is 0 Å². The van der Waals surface area contributed by atoms with Crippen molar-refractivity contribution in [1.82, 2.24) is 5.32 Å². The molecule has 0 saturated heterocycles. The van der Waals surface area contributed by atoms with E-state index < -0.39 is 0 Å². The largest absolute Gasteiger partial charge is 0.314 e. The fourth-order valence-electron chi connectivity index (χ4n) is 3.57. The number of rotatable bonds is 7. The van der Waals surface area contributed by atoms with Gasteiger partial charge in [0.05, 0.1) is 0 Å². The zero-order chi connectivity index (χ0) is 12.7. The standard InChI is InChI=1S/C16H33N/c1-5-8-14-9-11-15(12-10-14)16(17-7-3)13(4)6-2/h13-17H,5-12H2,1-4H3. The van der Waals surface area contributed by atoms with Crippen molar-refractivity contribution in [3.05, 3.63) is 0 Å². The van der Waals surface area contributed by atoms with Crippen LogP contribution in [0.3, 0.4) is 0 Å². The predicted molar refractivity (Wildman–Crippen MR) is 77.3 cm³/mol. The van der Waals surface area contributed by atoms with Gasteiger partial charge in [0.1, 0.15) is 0 Å². The maximum atomic E-state index is 3.75.